The zero-order valence-corrected chi connectivity index (χ0v) is 16.8. The van der Waals surface area contributed by atoms with E-state index in [1.165, 1.54) is 75.9 Å². The van der Waals surface area contributed by atoms with Gasteiger partial charge in [-0.15, -0.1) is 0 Å². The zero-order valence-electron chi connectivity index (χ0n) is 15.8. The van der Waals surface area contributed by atoms with Crippen LogP contribution in [0.3, 0.4) is 0 Å². The first-order valence-corrected chi connectivity index (χ1v) is 12.5. The standard InChI is InChI=1S/C21H38OSi/c1-4-7-8-9-10-11-12-16-20-23(6-3,19-5-2)22-21-17-14-13-15-18-21/h13-15,17-18H,4-12,16,19-20H2,1-3H3. The molecule has 0 saturated carbocycles. The zero-order chi connectivity index (χ0) is 16.8. The quantitative estimate of drug-likeness (QED) is 0.251. The maximum Gasteiger partial charge on any atom is 0.251 e. The fourth-order valence-electron chi connectivity index (χ4n) is 3.43. The van der Waals surface area contributed by atoms with E-state index in [0.717, 1.165) is 5.75 Å². The van der Waals surface area contributed by atoms with Gasteiger partial charge in [0.25, 0.3) is 8.32 Å². The van der Waals surface area contributed by atoms with Crippen molar-refractivity contribution in [3.8, 4) is 5.75 Å². The van der Waals surface area contributed by atoms with Gasteiger partial charge in [-0.05, 0) is 30.3 Å². The molecule has 0 aliphatic heterocycles. The summed E-state index contributed by atoms with van der Waals surface area (Å²) < 4.78 is 6.59. The normalized spacial score (nSPS) is 13.7. The van der Waals surface area contributed by atoms with E-state index >= 15 is 0 Å². The van der Waals surface area contributed by atoms with E-state index < -0.39 is 8.32 Å². The van der Waals surface area contributed by atoms with Crippen LogP contribution in [0.25, 0.3) is 0 Å². The summed E-state index contributed by atoms with van der Waals surface area (Å²) in [5, 5.41) is 0. The minimum absolute atomic E-state index is 1.09. The summed E-state index contributed by atoms with van der Waals surface area (Å²) in [6.07, 6.45) is 12.5. The van der Waals surface area contributed by atoms with E-state index in [1.54, 1.807) is 0 Å². The maximum atomic E-state index is 6.59. The van der Waals surface area contributed by atoms with Crippen LogP contribution in [0.15, 0.2) is 30.3 Å². The molecular formula is C21H38OSi. The van der Waals surface area contributed by atoms with Gasteiger partial charge in [-0.1, -0.05) is 96.8 Å². The second-order valence-corrected chi connectivity index (χ2v) is 11.2. The molecule has 0 radical (unpaired) electrons. The lowest BCUT2D eigenvalue weighted by Crippen LogP contribution is -2.40. The van der Waals surface area contributed by atoms with Gasteiger partial charge in [-0.2, -0.15) is 0 Å². The molecule has 1 aromatic carbocycles. The molecule has 0 aliphatic rings. The molecule has 0 aliphatic carbocycles. The molecule has 0 bridgehead atoms. The number of hydrogen-bond donors (Lipinski definition) is 0. The van der Waals surface area contributed by atoms with Crippen LogP contribution < -0.4 is 4.43 Å². The minimum Gasteiger partial charge on any atom is -0.543 e. The van der Waals surface area contributed by atoms with E-state index in [0.29, 0.717) is 0 Å². The lowest BCUT2D eigenvalue weighted by atomic mass is 10.1. The Bertz CT molecular complexity index is 379. The van der Waals surface area contributed by atoms with Gasteiger partial charge in [0.05, 0.1) is 0 Å². The van der Waals surface area contributed by atoms with E-state index in [-0.39, 0.29) is 0 Å². The Kier molecular flexibility index (Phi) is 11.1. The van der Waals surface area contributed by atoms with Gasteiger partial charge >= 0.3 is 0 Å². The summed E-state index contributed by atoms with van der Waals surface area (Å²) in [7, 11) is -1.59. The summed E-state index contributed by atoms with van der Waals surface area (Å²) in [6.45, 7) is 6.94. The molecule has 23 heavy (non-hydrogen) atoms. The summed E-state index contributed by atoms with van der Waals surface area (Å²) >= 11 is 0. The number of rotatable bonds is 14. The molecule has 0 heterocycles. The highest BCUT2D eigenvalue weighted by atomic mass is 28.4. The van der Waals surface area contributed by atoms with Crippen LogP contribution in [-0.2, 0) is 0 Å². The summed E-state index contributed by atoms with van der Waals surface area (Å²) in [6, 6.07) is 14.4. The third kappa shape index (κ3) is 8.60. The van der Waals surface area contributed by atoms with Crippen LogP contribution in [0, 0.1) is 0 Å². The largest absolute Gasteiger partial charge is 0.543 e. The molecule has 0 N–H and O–H groups in total. The van der Waals surface area contributed by atoms with Crippen molar-refractivity contribution in [2.45, 2.75) is 96.7 Å². The average Bonchev–Trinajstić information content (AvgIpc) is 2.58. The maximum absolute atomic E-state index is 6.59. The number of unbranched alkanes of at least 4 members (excludes halogenated alkanes) is 7. The molecule has 1 aromatic rings. The van der Waals surface area contributed by atoms with E-state index in [9.17, 15) is 0 Å². The van der Waals surface area contributed by atoms with Crippen molar-refractivity contribution in [3.63, 3.8) is 0 Å². The van der Waals surface area contributed by atoms with Crippen molar-refractivity contribution in [2.75, 3.05) is 0 Å². The molecule has 0 saturated heterocycles. The Morgan fingerprint density at radius 3 is 1.87 bits per heavy atom. The van der Waals surface area contributed by atoms with Crippen LogP contribution in [0.2, 0.25) is 18.1 Å². The van der Waals surface area contributed by atoms with Crippen LogP contribution in [0.1, 0.15) is 78.6 Å². The van der Waals surface area contributed by atoms with Gasteiger partial charge in [0.15, 0.2) is 0 Å². The molecule has 0 amide bonds. The Hall–Kier alpha value is -0.763. The molecule has 0 aromatic heterocycles. The molecule has 1 rings (SSSR count). The molecule has 0 spiro atoms. The van der Waals surface area contributed by atoms with Crippen molar-refractivity contribution in [1.82, 2.24) is 0 Å². The predicted octanol–water partition coefficient (Wildman–Crippen LogP) is 7.58. The van der Waals surface area contributed by atoms with Crippen molar-refractivity contribution >= 4 is 8.32 Å². The van der Waals surface area contributed by atoms with Gasteiger partial charge in [0, 0.05) is 0 Å². The molecule has 0 fully saturated rings. The predicted molar refractivity (Wildman–Crippen MR) is 106 cm³/mol. The summed E-state index contributed by atoms with van der Waals surface area (Å²) in [5.74, 6) is 1.09. The highest BCUT2D eigenvalue weighted by Crippen LogP contribution is 2.29. The van der Waals surface area contributed by atoms with Gasteiger partial charge in [0.1, 0.15) is 5.75 Å². The number of benzene rings is 1. The van der Waals surface area contributed by atoms with Gasteiger partial charge in [-0.3, -0.25) is 0 Å². The van der Waals surface area contributed by atoms with Crippen molar-refractivity contribution in [2.24, 2.45) is 0 Å². The van der Waals surface area contributed by atoms with Crippen molar-refractivity contribution in [3.05, 3.63) is 30.3 Å². The van der Waals surface area contributed by atoms with Gasteiger partial charge in [-0.25, -0.2) is 0 Å². The van der Waals surface area contributed by atoms with Crippen LogP contribution >= 0.6 is 0 Å². The number of para-hydroxylation sites is 1. The molecule has 1 unspecified atom stereocenters. The Morgan fingerprint density at radius 1 is 0.696 bits per heavy atom. The average molecular weight is 335 g/mol. The number of hydrogen-bond acceptors (Lipinski definition) is 1. The first kappa shape index (κ1) is 20.3. The first-order valence-electron chi connectivity index (χ1n) is 10.0. The fourth-order valence-corrected chi connectivity index (χ4v) is 7.18. The Balaban J connectivity index is 2.36. The summed E-state index contributed by atoms with van der Waals surface area (Å²) in [4.78, 5) is 0. The lowest BCUT2D eigenvalue weighted by Gasteiger charge is -2.31. The smallest absolute Gasteiger partial charge is 0.251 e. The minimum atomic E-state index is -1.59. The topological polar surface area (TPSA) is 9.23 Å². The molecule has 2 heteroatoms. The summed E-state index contributed by atoms with van der Waals surface area (Å²) in [5.41, 5.74) is 0. The third-order valence-corrected chi connectivity index (χ3v) is 9.55. The Morgan fingerprint density at radius 2 is 1.30 bits per heavy atom. The molecule has 132 valence electrons. The van der Waals surface area contributed by atoms with Crippen LogP contribution in [0.4, 0.5) is 0 Å². The van der Waals surface area contributed by atoms with Crippen molar-refractivity contribution in [1.29, 1.82) is 0 Å². The van der Waals surface area contributed by atoms with Gasteiger partial charge in [0.2, 0.25) is 0 Å². The highest BCUT2D eigenvalue weighted by molar-refractivity contribution is 6.74. The van der Waals surface area contributed by atoms with Gasteiger partial charge < -0.3 is 4.43 Å². The SMILES string of the molecule is CCCCCCCCCC[Si](CC)(CCC)Oc1ccccc1. The second kappa shape index (κ2) is 12.6. The molecular weight excluding hydrogens is 296 g/mol. The van der Waals surface area contributed by atoms with Crippen LogP contribution in [0.5, 0.6) is 5.75 Å². The Labute approximate surface area is 146 Å². The van der Waals surface area contributed by atoms with E-state index in [4.69, 9.17) is 4.43 Å². The third-order valence-electron chi connectivity index (χ3n) is 4.91. The second-order valence-electron chi connectivity index (χ2n) is 6.93. The highest BCUT2D eigenvalue weighted by Gasteiger charge is 2.33. The first-order chi connectivity index (χ1) is 11.3. The molecule has 1 atom stereocenters. The fraction of sp³-hybridized carbons (Fsp3) is 0.714. The van der Waals surface area contributed by atoms with E-state index in [2.05, 4.69) is 51.1 Å². The van der Waals surface area contributed by atoms with E-state index in [1.807, 2.05) is 0 Å². The van der Waals surface area contributed by atoms with Crippen LogP contribution in [-0.4, -0.2) is 8.32 Å². The molecule has 1 nitrogen and oxygen atoms in total. The van der Waals surface area contributed by atoms with Crippen molar-refractivity contribution < 1.29 is 4.43 Å². The monoisotopic (exact) mass is 334 g/mol. The lowest BCUT2D eigenvalue weighted by molar-refractivity contribution is 0.514.